The van der Waals surface area contributed by atoms with Crippen molar-refractivity contribution in [3.8, 4) is 6.07 Å². The zero-order chi connectivity index (χ0) is 11.7. The normalized spacial score (nSPS) is 16.9. The van der Waals surface area contributed by atoms with Gasteiger partial charge in [-0.05, 0) is 30.4 Å². The predicted molar refractivity (Wildman–Crippen MR) is 68.7 cm³/mol. The summed E-state index contributed by atoms with van der Waals surface area (Å²) in [4.78, 5) is 7.84. The van der Waals surface area contributed by atoms with Crippen LogP contribution in [0, 0.1) is 16.7 Å². The highest BCUT2D eigenvalue weighted by Crippen LogP contribution is 2.51. The molecule has 0 spiro atoms. The lowest BCUT2D eigenvalue weighted by molar-refractivity contribution is 0.603. The van der Waals surface area contributed by atoms with Crippen LogP contribution < -0.4 is 0 Å². The highest BCUT2D eigenvalue weighted by atomic mass is 32.2. The quantitative estimate of drug-likeness (QED) is 0.838. The smallest absolute Gasteiger partial charge is 0.166 e. The zero-order valence-electron chi connectivity index (χ0n) is 9.44. The highest BCUT2D eigenvalue weighted by Gasteiger charge is 2.42. The fourth-order valence-electron chi connectivity index (χ4n) is 1.94. The third-order valence-electron chi connectivity index (χ3n) is 3.29. The molecule has 0 unspecified atom stereocenters. The molecule has 1 heterocycles. The van der Waals surface area contributed by atoms with Crippen LogP contribution in [0.25, 0.3) is 11.0 Å². The first-order valence-corrected chi connectivity index (χ1v) is 6.74. The lowest BCUT2D eigenvalue weighted by atomic mass is 10.1. The van der Waals surface area contributed by atoms with E-state index in [0.29, 0.717) is 6.42 Å². The Bertz CT molecular complexity index is 545. The van der Waals surface area contributed by atoms with Crippen molar-refractivity contribution in [1.82, 2.24) is 9.97 Å². The number of imidazole rings is 1. The maximum Gasteiger partial charge on any atom is 0.166 e. The van der Waals surface area contributed by atoms with Gasteiger partial charge in [0.05, 0.1) is 17.1 Å². The average Bonchev–Trinajstić information content (AvgIpc) is 2.98. The second-order valence-corrected chi connectivity index (χ2v) is 5.65. The molecule has 1 aliphatic carbocycles. The van der Waals surface area contributed by atoms with Crippen LogP contribution in [0.15, 0.2) is 29.4 Å². The number of fused-ring (bicyclic) bond motifs is 1. The van der Waals surface area contributed by atoms with Gasteiger partial charge in [-0.15, -0.1) is 0 Å². The molecule has 0 aliphatic heterocycles. The number of hydrogen-bond acceptors (Lipinski definition) is 3. The molecule has 0 atom stereocenters. The van der Waals surface area contributed by atoms with Gasteiger partial charge < -0.3 is 4.98 Å². The minimum atomic E-state index is 0.276. The number of H-pyrrole nitrogens is 1. The number of benzene rings is 1. The van der Waals surface area contributed by atoms with Crippen LogP contribution in [-0.2, 0) is 0 Å². The largest absolute Gasteiger partial charge is 0.333 e. The fourth-order valence-corrected chi connectivity index (χ4v) is 3.11. The van der Waals surface area contributed by atoms with Crippen LogP contribution in [0.4, 0.5) is 0 Å². The monoisotopic (exact) mass is 243 g/mol. The van der Waals surface area contributed by atoms with Gasteiger partial charge in [-0.25, -0.2) is 4.98 Å². The van der Waals surface area contributed by atoms with Gasteiger partial charge in [0.15, 0.2) is 5.16 Å². The molecule has 3 rings (SSSR count). The summed E-state index contributed by atoms with van der Waals surface area (Å²) in [7, 11) is 0. The Morgan fingerprint density at radius 2 is 2.24 bits per heavy atom. The standard InChI is InChI=1S/C13H13N3S/c14-8-7-13(5-6-13)9-17-12-15-10-3-1-2-4-11(10)16-12/h1-4H,5-7,9H2,(H,15,16). The number of nitrogens with zero attached hydrogens (tertiary/aromatic N) is 2. The number of nitrogens with one attached hydrogen (secondary N) is 1. The number of aromatic amines is 1. The Labute approximate surface area is 104 Å². The molecule has 0 amide bonds. The molecule has 1 fully saturated rings. The number of aromatic nitrogens is 2. The molecule has 0 saturated heterocycles. The second kappa shape index (κ2) is 4.08. The Balaban J connectivity index is 1.71. The van der Waals surface area contributed by atoms with Gasteiger partial charge in [0.1, 0.15) is 0 Å². The number of nitriles is 1. The lowest BCUT2D eigenvalue weighted by Crippen LogP contribution is -2.02. The van der Waals surface area contributed by atoms with Gasteiger partial charge in [0, 0.05) is 12.2 Å². The van der Waals surface area contributed by atoms with E-state index < -0.39 is 0 Å². The predicted octanol–water partition coefficient (Wildman–Crippen LogP) is 3.35. The molecule has 1 aromatic heterocycles. The van der Waals surface area contributed by atoms with Gasteiger partial charge >= 0.3 is 0 Å². The molecule has 1 aliphatic rings. The molecule has 17 heavy (non-hydrogen) atoms. The van der Waals surface area contributed by atoms with Crippen molar-refractivity contribution in [3.05, 3.63) is 24.3 Å². The SMILES string of the molecule is N#CCC1(CSc2nc3ccccc3[nH]2)CC1. The summed E-state index contributed by atoms with van der Waals surface area (Å²) in [6.07, 6.45) is 3.06. The summed E-state index contributed by atoms with van der Waals surface area (Å²) in [6, 6.07) is 10.3. The molecule has 1 saturated carbocycles. The minimum Gasteiger partial charge on any atom is -0.333 e. The van der Waals surface area contributed by atoms with Crippen LogP contribution in [-0.4, -0.2) is 15.7 Å². The molecular formula is C13H13N3S. The molecule has 3 nitrogen and oxygen atoms in total. The summed E-state index contributed by atoms with van der Waals surface area (Å²) in [5.41, 5.74) is 2.37. The van der Waals surface area contributed by atoms with Gasteiger partial charge in [-0.1, -0.05) is 23.9 Å². The Hall–Kier alpha value is -1.47. The average molecular weight is 243 g/mol. The van der Waals surface area contributed by atoms with Crippen molar-refractivity contribution in [1.29, 1.82) is 5.26 Å². The van der Waals surface area contributed by atoms with E-state index in [4.69, 9.17) is 5.26 Å². The zero-order valence-corrected chi connectivity index (χ0v) is 10.3. The van der Waals surface area contributed by atoms with Gasteiger partial charge in [0.25, 0.3) is 0 Å². The summed E-state index contributed by atoms with van der Waals surface area (Å²) < 4.78 is 0. The van der Waals surface area contributed by atoms with Crippen molar-refractivity contribution in [2.75, 3.05) is 5.75 Å². The van der Waals surface area contributed by atoms with Crippen LogP contribution in [0.2, 0.25) is 0 Å². The Morgan fingerprint density at radius 1 is 1.41 bits per heavy atom. The minimum absolute atomic E-state index is 0.276. The summed E-state index contributed by atoms with van der Waals surface area (Å²) in [6.45, 7) is 0. The number of para-hydroxylation sites is 2. The molecule has 4 heteroatoms. The molecular weight excluding hydrogens is 230 g/mol. The summed E-state index contributed by atoms with van der Waals surface area (Å²) >= 11 is 1.74. The fraction of sp³-hybridized carbons (Fsp3) is 0.385. The topological polar surface area (TPSA) is 52.5 Å². The third-order valence-corrected chi connectivity index (χ3v) is 4.52. The van der Waals surface area contributed by atoms with Crippen LogP contribution in [0.5, 0.6) is 0 Å². The van der Waals surface area contributed by atoms with Crippen LogP contribution >= 0.6 is 11.8 Å². The maximum atomic E-state index is 8.77. The summed E-state index contributed by atoms with van der Waals surface area (Å²) in [5, 5.41) is 9.74. The first-order chi connectivity index (χ1) is 8.31. The van der Waals surface area contributed by atoms with E-state index >= 15 is 0 Å². The molecule has 1 aromatic carbocycles. The molecule has 2 aromatic rings. The van der Waals surface area contributed by atoms with Crippen molar-refractivity contribution in [3.63, 3.8) is 0 Å². The first-order valence-electron chi connectivity index (χ1n) is 5.76. The molecule has 1 N–H and O–H groups in total. The van der Waals surface area contributed by atoms with Crippen LogP contribution in [0.1, 0.15) is 19.3 Å². The highest BCUT2D eigenvalue weighted by molar-refractivity contribution is 7.99. The third kappa shape index (κ3) is 2.16. The molecule has 0 radical (unpaired) electrons. The van der Waals surface area contributed by atoms with Crippen molar-refractivity contribution < 1.29 is 0 Å². The lowest BCUT2D eigenvalue weighted by Gasteiger charge is -2.07. The second-order valence-electron chi connectivity index (χ2n) is 4.68. The van der Waals surface area contributed by atoms with Gasteiger partial charge in [-0.3, -0.25) is 0 Å². The van der Waals surface area contributed by atoms with E-state index in [-0.39, 0.29) is 5.41 Å². The van der Waals surface area contributed by atoms with E-state index in [0.717, 1.165) is 21.9 Å². The van der Waals surface area contributed by atoms with E-state index in [1.165, 1.54) is 12.8 Å². The number of hydrogen-bond donors (Lipinski definition) is 1. The van der Waals surface area contributed by atoms with Crippen LogP contribution in [0.3, 0.4) is 0 Å². The number of thioether (sulfide) groups is 1. The van der Waals surface area contributed by atoms with E-state index in [1.807, 2.05) is 24.3 Å². The van der Waals surface area contributed by atoms with Crippen molar-refractivity contribution in [2.45, 2.75) is 24.4 Å². The number of rotatable bonds is 4. The van der Waals surface area contributed by atoms with Crippen molar-refractivity contribution >= 4 is 22.8 Å². The van der Waals surface area contributed by atoms with E-state index in [1.54, 1.807) is 11.8 Å². The Kier molecular flexibility index (Phi) is 2.56. The van der Waals surface area contributed by atoms with E-state index in [2.05, 4.69) is 16.0 Å². The van der Waals surface area contributed by atoms with Gasteiger partial charge in [-0.2, -0.15) is 5.26 Å². The van der Waals surface area contributed by atoms with Crippen molar-refractivity contribution in [2.24, 2.45) is 5.41 Å². The first kappa shape index (κ1) is 10.7. The summed E-state index contributed by atoms with van der Waals surface area (Å²) in [5.74, 6) is 1.00. The molecule has 0 bridgehead atoms. The maximum absolute atomic E-state index is 8.77. The van der Waals surface area contributed by atoms with Gasteiger partial charge in [0.2, 0.25) is 0 Å². The molecule has 86 valence electrons. The Morgan fingerprint density at radius 3 is 2.94 bits per heavy atom. The van der Waals surface area contributed by atoms with E-state index in [9.17, 15) is 0 Å².